The lowest BCUT2D eigenvalue weighted by molar-refractivity contribution is 0.0368. The maximum Gasteiger partial charge on any atom is 0.134 e. The average Bonchev–Trinajstić information content (AvgIpc) is 2.78. The first-order valence-electron chi connectivity index (χ1n) is 6.12. The Balaban J connectivity index is 2.25. The van der Waals surface area contributed by atoms with Gasteiger partial charge in [0.2, 0.25) is 0 Å². The third kappa shape index (κ3) is 2.51. The standard InChI is InChI=1S/C14H19NO2/c1-3-11(16-4-2)14(15)13-9-10-7-5-6-8-12(10)17-13/h5-9,11,14H,3-4,15H2,1-2H3. The van der Waals surface area contributed by atoms with Crippen molar-refractivity contribution >= 4 is 11.0 Å². The number of furan rings is 1. The van der Waals surface area contributed by atoms with Gasteiger partial charge in [-0.1, -0.05) is 25.1 Å². The Hall–Kier alpha value is -1.32. The van der Waals surface area contributed by atoms with Crippen molar-refractivity contribution in [2.75, 3.05) is 6.61 Å². The highest BCUT2D eigenvalue weighted by molar-refractivity contribution is 5.77. The lowest BCUT2D eigenvalue weighted by Crippen LogP contribution is -2.28. The molecule has 2 N–H and O–H groups in total. The maximum absolute atomic E-state index is 6.18. The Morgan fingerprint density at radius 3 is 2.71 bits per heavy atom. The lowest BCUT2D eigenvalue weighted by atomic mass is 10.1. The smallest absolute Gasteiger partial charge is 0.134 e. The summed E-state index contributed by atoms with van der Waals surface area (Å²) < 4.78 is 11.4. The second kappa shape index (κ2) is 5.34. The SMILES string of the molecule is CCOC(CC)C(N)c1cc2ccccc2o1. The molecule has 17 heavy (non-hydrogen) atoms. The number of hydrogen-bond acceptors (Lipinski definition) is 3. The predicted octanol–water partition coefficient (Wildman–Crippen LogP) is 3.25. The molecule has 0 aliphatic carbocycles. The highest BCUT2D eigenvalue weighted by Gasteiger charge is 2.21. The predicted molar refractivity (Wildman–Crippen MR) is 68.8 cm³/mol. The Kier molecular flexibility index (Phi) is 3.82. The second-order valence-electron chi connectivity index (χ2n) is 4.11. The summed E-state index contributed by atoms with van der Waals surface area (Å²) in [5, 5.41) is 1.09. The van der Waals surface area contributed by atoms with Gasteiger partial charge in [0.25, 0.3) is 0 Å². The molecule has 2 aromatic rings. The van der Waals surface area contributed by atoms with E-state index in [1.54, 1.807) is 0 Å². The van der Waals surface area contributed by atoms with E-state index in [-0.39, 0.29) is 12.1 Å². The van der Waals surface area contributed by atoms with Gasteiger partial charge in [-0.25, -0.2) is 0 Å². The van der Waals surface area contributed by atoms with E-state index in [0.717, 1.165) is 23.2 Å². The Labute approximate surface area is 102 Å². The molecule has 0 saturated heterocycles. The van der Waals surface area contributed by atoms with Gasteiger partial charge in [-0.2, -0.15) is 0 Å². The second-order valence-corrected chi connectivity index (χ2v) is 4.11. The van der Waals surface area contributed by atoms with Crippen molar-refractivity contribution in [3.63, 3.8) is 0 Å². The minimum absolute atomic E-state index is 0.0144. The van der Waals surface area contributed by atoms with E-state index < -0.39 is 0 Å². The summed E-state index contributed by atoms with van der Waals surface area (Å²) in [6.07, 6.45) is 0.895. The molecule has 0 radical (unpaired) electrons. The molecule has 0 aliphatic rings. The molecule has 2 rings (SSSR count). The van der Waals surface area contributed by atoms with Crippen molar-refractivity contribution in [3.8, 4) is 0 Å². The van der Waals surface area contributed by atoms with E-state index in [2.05, 4.69) is 6.92 Å². The molecular formula is C14H19NO2. The molecule has 1 aromatic heterocycles. The Morgan fingerprint density at radius 2 is 2.06 bits per heavy atom. The lowest BCUT2D eigenvalue weighted by Gasteiger charge is -2.20. The van der Waals surface area contributed by atoms with Gasteiger partial charge in [-0.3, -0.25) is 0 Å². The van der Waals surface area contributed by atoms with E-state index in [9.17, 15) is 0 Å². The topological polar surface area (TPSA) is 48.4 Å². The van der Waals surface area contributed by atoms with Crippen molar-refractivity contribution in [3.05, 3.63) is 36.1 Å². The van der Waals surface area contributed by atoms with Gasteiger partial charge in [-0.15, -0.1) is 0 Å². The molecule has 0 aliphatic heterocycles. The van der Waals surface area contributed by atoms with Crippen LogP contribution < -0.4 is 5.73 Å². The summed E-state index contributed by atoms with van der Waals surface area (Å²) in [6, 6.07) is 9.73. The van der Waals surface area contributed by atoms with E-state index in [0.29, 0.717) is 6.61 Å². The van der Waals surface area contributed by atoms with Crippen LogP contribution in [-0.2, 0) is 4.74 Å². The number of para-hydroxylation sites is 1. The number of ether oxygens (including phenoxy) is 1. The zero-order valence-electron chi connectivity index (χ0n) is 10.3. The van der Waals surface area contributed by atoms with E-state index in [1.807, 2.05) is 37.3 Å². The summed E-state index contributed by atoms with van der Waals surface area (Å²) >= 11 is 0. The summed E-state index contributed by atoms with van der Waals surface area (Å²) in [5.41, 5.74) is 7.06. The number of rotatable bonds is 5. The van der Waals surface area contributed by atoms with Crippen LogP contribution in [0.4, 0.5) is 0 Å². The van der Waals surface area contributed by atoms with Crippen LogP contribution in [0, 0.1) is 0 Å². The molecule has 0 bridgehead atoms. The molecule has 3 heteroatoms. The van der Waals surface area contributed by atoms with E-state index >= 15 is 0 Å². The van der Waals surface area contributed by atoms with Gasteiger partial charge in [0.05, 0.1) is 12.1 Å². The largest absolute Gasteiger partial charge is 0.459 e. The van der Waals surface area contributed by atoms with Gasteiger partial charge in [-0.05, 0) is 25.5 Å². The number of hydrogen-bond donors (Lipinski definition) is 1. The van der Waals surface area contributed by atoms with E-state index in [1.165, 1.54) is 0 Å². The monoisotopic (exact) mass is 233 g/mol. The van der Waals surface area contributed by atoms with Crippen LogP contribution in [0.1, 0.15) is 32.1 Å². The molecule has 3 nitrogen and oxygen atoms in total. The molecule has 0 spiro atoms. The number of benzene rings is 1. The summed E-state index contributed by atoms with van der Waals surface area (Å²) in [5.74, 6) is 0.798. The van der Waals surface area contributed by atoms with Crippen LogP contribution in [0.5, 0.6) is 0 Å². The zero-order valence-corrected chi connectivity index (χ0v) is 10.3. The Bertz CT molecular complexity index is 445. The molecular weight excluding hydrogens is 214 g/mol. The first-order valence-corrected chi connectivity index (χ1v) is 6.12. The van der Waals surface area contributed by atoms with Crippen LogP contribution in [0.2, 0.25) is 0 Å². The molecule has 0 amide bonds. The normalized spacial score (nSPS) is 15.0. The van der Waals surface area contributed by atoms with Gasteiger partial charge < -0.3 is 14.9 Å². The fourth-order valence-electron chi connectivity index (χ4n) is 2.04. The van der Waals surface area contributed by atoms with Crippen molar-refractivity contribution in [1.82, 2.24) is 0 Å². The van der Waals surface area contributed by atoms with Crippen molar-refractivity contribution in [2.45, 2.75) is 32.4 Å². The number of fused-ring (bicyclic) bond motifs is 1. The molecule has 1 aromatic carbocycles. The third-order valence-electron chi connectivity index (χ3n) is 2.96. The van der Waals surface area contributed by atoms with Crippen LogP contribution >= 0.6 is 0 Å². The van der Waals surface area contributed by atoms with Gasteiger partial charge in [0.15, 0.2) is 0 Å². The highest BCUT2D eigenvalue weighted by atomic mass is 16.5. The summed E-state index contributed by atoms with van der Waals surface area (Å²) in [4.78, 5) is 0. The van der Waals surface area contributed by atoms with Crippen molar-refractivity contribution in [1.29, 1.82) is 0 Å². The summed E-state index contributed by atoms with van der Waals surface area (Å²) in [7, 11) is 0. The van der Waals surface area contributed by atoms with Crippen LogP contribution in [0.3, 0.4) is 0 Å². The molecule has 0 saturated carbocycles. The molecule has 0 fully saturated rings. The molecule has 2 unspecified atom stereocenters. The number of nitrogens with two attached hydrogens (primary N) is 1. The van der Waals surface area contributed by atoms with Crippen LogP contribution in [0.15, 0.2) is 34.7 Å². The summed E-state index contributed by atoms with van der Waals surface area (Å²) in [6.45, 7) is 4.73. The minimum Gasteiger partial charge on any atom is -0.459 e. The molecule has 1 heterocycles. The molecule has 92 valence electrons. The van der Waals surface area contributed by atoms with Gasteiger partial charge in [0.1, 0.15) is 11.3 Å². The zero-order chi connectivity index (χ0) is 12.3. The van der Waals surface area contributed by atoms with Crippen molar-refractivity contribution < 1.29 is 9.15 Å². The highest BCUT2D eigenvalue weighted by Crippen LogP contribution is 2.26. The first-order chi connectivity index (χ1) is 8.26. The first kappa shape index (κ1) is 12.1. The van der Waals surface area contributed by atoms with Crippen molar-refractivity contribution in [2.24, 2.45) is 5.73 Å². The van der Waals surface area contributed by atoms with Gasteiger partial charge in [0, 0.05) is 12.0 Å². The third-order valence-corrected chi connectivity index (χ3v) is 2.96. The average molecular weight is 233 g/mol. The van der Waals surface area contributed by atoms with E-state index in [4.69, 9.17) is 14.9 Å². The van der Waals surface area contributed by atoms with Crippen LogP contribution in [-0.4, -0.2) is 12.7 Å². The quantitative estimate of drug-likeness (QED) is 0.862. The van der Waals surface area contributed by atoms with Gasteiger partial charge >= 0.3 is 0 Å². The van der Waals surface area contributed by atoms with Crippen LogP contribution in [0.25, 0.3) is 11.0 Å². The fraction of sp³-hybridized carbons (Fsp3) is 0.429. The fourth-order valence-corrected chi connectivity index (χ4v) is 2.04. The Morgan fingerprint density at radius 1 is 1.29 bits per heavy atom. The molecule has 2 atom stereocenters. The maximum atomic E-state index is 6.18. The minimum atomic E-state index is -0.202.